The minimum absolute atomic E-state index is 0.207. The van der Waals surface area contributed by atoms with Gasteiger partial charge in [0, 0.05) is 13.6 Å². The molecule has 0 bridgehead atoms. The summed E-state index contributed by atoms with van der Waals surface area (Å²) in [7, 11) is 3.22. The highest BCUT2D eigenvalue weighted by Gasteiger charge is 2.15. The molecule has 2 amide bonds. The van der Waals surface area contributed by atoms with Crippen LogP contribution in [0.3, 0.4) is 0 Å². The summed E-state index contributed by atoms with van der Waals surface area (Å²) < 4.78 is 5.17. The summed E-state index contributed by atoms with van der Waals surface area (Å²) in [5.74, 6) is -0.0356. The molecule has 120 valence electrons. The molecule has 0 heterocycles. The number of amides is 2. The summed E-state index contributed by atoms with van der Waals surface area (Å²) in [6, 6.07) is 16.7. The van der Waals surface area contributed by atoms with E-state index in [2.05, 4.69) is 5.32 Å². The highest BCUT2D eigenvalue weighted by Crippen LogP contribution is 2.23. The van der Waals surface area contributed by atoms with Gasteiger partial charge in [0.1, 0.15) is 12.2 Å². The summed E-state index contributed by atoms with van der Waals surface area (Å²) in [5.41, 5.74) is 1.58. The minimum atomic E-state index is -0.362. The summed E-state index contributed by atoms with van der Waals surface area (Å²) >= 11 is 0. The molecule has 23 heavy (non-hydrogen) atoms. The van der Waals surface area contributed by atoms with Crippen molar-refractivity contribution in [3.63, 3.8) is 0 Å². The molecule has 0 saturated heterocycles. The first-order chi connectivity index (χ1) is 11.1. The molecule has 0 radical (unpaired) electrons. The van der Waals surface area contributed by atoms with Gasteiger partial charge in [-0.15, -0.1) is 0 Å². The zero-order valence-electron chi connectivity index (χ0n) is 13.3. The number of rotatable bonds is 6. The minimum Gasteiger partial charge on any atom is -0.495 e. The molecule has 0 aliphatic rings. The maximum Gasteiger partial charge on any atom is 0.233 e. The molecule has 2 aromatic rings. The largest absolute Gasteiger partial charge is 0.495 e. The molecule has 0 aliphatic carbocycles. The highest BCUT2D eigenvalue weighted by atomic mass is 16.5. The second-order valence-electron chi connectivity index (χ2n) is 5.16. The van der Waals surface area contributed by atoms with Crippen LogP contribution in [0.15, 0.2) is 54.6 Å². The quantitative estimate of drug-likeness (QED) is 0.834. The van der Waals surface area contributed by atoms with Gasteiger partial charge in [-0.2, -0.15) is 0 Å². The van der Waals surface area contributed by atoms with Crippen LogP contribution in [-0.4, -0.2) is 30.9 Å². The third kappa shape index (κ3) is 4.85. The molecule has 0 aromatic heterocycles. The van der Waals surface area contributed by atoms with Crippen molar-refractivity contribution in [3.05, 3.63) is 60.2 Å². The molecule has 2 rings (SSSR count). The summed E-state index contributed by atoms with van der Waals surface area (Å²) in [6.45, 7) is 0.474. The average Bonchev–Trinajstić information content (AvgIpc) is 2.56. The molecule has 5 nitrogen and oxygen atoms in total. The van der Waals surface area contributed by atoms with Crippen LogP contribution < -0.4 is 10.1 Å². The Labute approximate surface area is 135 Å². The summed E-state index contributed by atoms with van der Waals surface area (Å²) in [5, 5.41) is 2.70. The van der Waals surface area contributed by atoms with E-state index in [0.29, 0.717) is 18.0 Å². The standard InChI is InChI=1S/C18H20N2O3/c1-20(13-14-8-4-3-5-9-14)18(22)12-17(21)19-15-10-6-7-11-16(15)23-2/h3-11H,12-13H2,1-2H3,(H,19,21). The van der Waals surface area contributed by atoms with E-state index in [1.54, 1.807) is 25.2 Å². The third-order valence-corrected chi connectivity index (χ3v) is 3.38. The van der Waals surface area contributed by atoms with Gasteiger partial charge < -0.3 is 15.0 Å². The van der Waals surface area contributed by atoms with Crippen LogP contribution >= 0.6 is 0 Å². The lowest BCUT2D eigenvalue weighted by molar-refractivity contribution is -0.134. The van der Waals surface area contributed by atoms with E-state index < -0.39 is 0 Å². The first-order valence-corrected chi connectivity index (χ1v) is 7.31. The van der Waals surface area contributed by atoms with Gasteiger partial charge in [-0.25, -0.2) is 0 Å². The zero-order valence-corrected chi connectivity index (χ0v) is 13.3. The van der Waals surface area contributed by atoms with Crippen molar-refractivity contribution in [3.8, 4) is 5.75 Å². The van der Waals surface area contributed by atoms with Crippen LogP contribution in [0.2, 0.25) is 0 Å². The molecule has 0 fully saturated rings. The molecular weight excluding hydrogens is 292 g/mol. The SMILES string of the molecule is COc1ccccc1NC(=O)CC(=O)N(C)Cc1ccccc1. The van der Waals surface area contributed by atoms with Gasteiger partial charge in [0.2, 0.25) is 11.8 Å². The van der Waals surface area contributed by atoms with Gasteiger partial charge in [0.25, 0.3) is 0 Å². The van der Waals surface area contributed by atoms with Crippen LogP contribution in [0.1, 0.15) is 12.0 Å². The molecule has 0 aliphatic heterocycles. The molecular formula is C18H20N2O3. The van der Waals surface area contributed by atoms with E-state index in [0.717, 1.165) is 5.56 Å². The number of nitrogens with one attached hydrogen (secondary N) is 1. The normalized spacial score (nSPS) is 10.0. The number of carbonyl (C=O) groups excluding carboxylic acids is 2. The number of hydrogen-bond donors (Lipinski definition) is 1. The van der Waals surface area contributed by atoms with Crippen molar-refractivity contribution in [2.75, 3.05) is 19.5 Å². The Balaban J connectivity index is 1.90. The van der Waals surface area contributed by atoms with E-state index in [1.165, 1.54) is 12.0 Å². The van der Waals surface area contributed by atoms with Crippen molar-refractivity contribution >= 4 is 17.5 Å². The number of anilines is 1. The number of benzene rings is 2. The van der Waals surface area contributed by atoms with Crippen molar-refractivity contribution in [1.82, 2.24) is 4.90 Å². The van der Waals surface area contributed by atoms with Gasteiger partial charge in [0.05, 0.1) is 12.8 Å². The van der Waals surface area contributed by atoms with Crippen LogP contribution in [-0.2, 0) is 16.1 Å². The number of nitrogens with zero attached hydrogens (tertiary/aromatic N) is 1. The monoisotopic (exact) mass is 312 g/mol. The van der Waals surface area contributed by atoms with Gasteiger partial charge in [-0.1, -0.05) is 42.5 Å². The molecule has 5 heteroatoms. The Morgan fingerprint density at radius 3 is 2.39 bits per heavy atom. The van der Waals surface area contributed by atoms with Crippen molar-refractivity contribution < 1.29 is 14.3 Å². The third-order valence-electron chi connectivity index (χ3n) is 3.38. The van der Waals surface area contributed by atoms with E-state index >= 15 is 0 Å². The fraction of sp³-hybridized carbons (Fsp3) is 0.222. The van der Waals surface area contributed by atoms with Gasteiger partial charge in [-0.3, -0.25) is 9.59 Å². The van der Waals surface area contributed by atoms with Crippen molar-refractivity contribution in [1.29, 1.82) is 0 Å². The topological polar surface area (TPSA) is 58.6 Å². The van der Waals surface area contributed by atoms with Crippen LogP contribution in [0, 0.1) is 0 Å². The van der Waals surface area contributed by atoms with Crippen LogP contribution in [0.4, 0.5) is 5.69 Å². The lowest BCUT2D eigenvalue weighted by atomic mass is 10.2. The molecule has 0 saturated carbocycles. The Morgan fingerprint density at radius 2 is 1.70 bits per heavy atom. The van der Waals surface area contributed by atoms with E-state index in [1.807, 2.05) is 36.4 Å². The second kappa shape index (κ2) is 7.98. The molecule has 0 unspecified atom stereocenters. The Kier molecular flexibility index (Phi) is 5.74. The number of ether oxygens (including phenoxy) is 1. The maximum absolute atomic E-state index is 12.1. The first-order valence-electron chi connectivity index (χ1n) is 7.31. The number of hydrogen-bond acceptors (Lipinski definition) is 3. The van der Waals surface area contributed by atoms with Crippen molar-refractivity contribution in [2.24, 2.45) is 0 Å². The Hall–Kier alpha value is -2.82. The number of para-hydroxylation sites is 2. The Bertz CT molecular complexity index is 671. The van der Waals surface area contributed by atoms with Crippen LogP contribution in [0.25, 0.3) is 0 Å². The molecule has 1 N–H and O–H groups in total. The molecule has 2 aromatic carbocycles. The Morgan fingerprint density at radius 1 is 1.04 bits per heavy atom. The van der Waals surface area contributed by atoms with E-state index in [-0.39, 0.29) is 18.2 Å². The summed E-state index contributed by atoms with van der Waals surface area (Å²) in [4.78, 5) is 25.7. The van der Waals surface area contributed by atoms with Gasteiger partial charge >= 0.3 is 0 Å². The predicted octanol–water partition coefficient (Wildman–Crippen LogP) is 2.68. The lowest BCUT2D eigenvalue weighted by Gasteiger charge is -2.17. The fourth-order valence-corrected chi connectivity index (χ4v) is 2.16. The second-order valence-corrected chi connectivity index (χ2v) is 5.16. The molecule has 0 spiro atoms. The van der Waals surface area contributed by atoms with Gasteiger partial charge in [-0.05, 0) is 17.7 Å². The van der Waals surface area contributed by atoms with Crippen molar-refractivity contribution in [2.45, 2.75) is 13.0 Å². The van der Waals surface area contributed by atoms with E-state index in [9.17, 15) is 9.59 Å². The lowest BCUT2D eigenvalue weighted by Crippen LogP contribution is -2.30. The van der Waals surface area contributed by atoms with Gasteiger partial charge in [0.15, 0.2) is 0 Å². The average molecular weight is 312 g/mol. The van der Waals surface area contributed by atoms with Crippen LogP contribution in [0.5, 0.6) is 5.75 Å². The predicted molar refractivity (Wildman–Crippen MR) is 89.2 cm³/mol. The molecule has 0 atom stereocenters. The fourth-order valence-electron chi connectivity index (χ4n) is 2.16. The summed E-state index contributed by atoms with van der Waals surface area (Å²) in [6.07, 6.45) is -0.207. The van der Waals surface area contributed by atoms with E-state index in [4.69, 9.17) is 4.74 Å². The highest BCUT2D eigenvalue weighted by molar-refractivity contribution is 6.04. The maximum atomic E-state index is 12.1. The zero-order chi connectivity index (χ0) is 16.7. The number of methoxy groups -OCH3 is 1. The first kappa shape index (κ1) is 16.5. The number of carbonyl (C=O) groups is 2. The smallest absolute Gasteiger partial charge is 0.233 e.